The van der Waals surface area contributed by atoms with Crippen molar-refractivity contribution < 1.29 is 4.79 Å². The molecule has 136 valence electrons. The Bertz CT molecular complexity index is 1180. The molecule has 27 heavy (non-hydrogen) atoms. The molecule has 0 unspecified atom stereocenters. The number of amides is 1. The van der Waals surface area contributed by atoms with Crippen LogP contribution in [0.4, 0.5) is 5.69 Å². The number of para-hydroxylation sites is 2. The summed E-state index contributed by atoms with van der Waals surface area (Å²) in [5, 5.41) is 4.28. The van der Waals surface area contributed by atoms with E-state index in [0.717, 1.165) is 34.7 Å². The highest BCUT2D eigenvalue weighted by atomic mass is 16.1. The van der Waals surface area contributed by atoms with Crippen molar-refractivity contribution >= 4 is 33.5 Å². The number of nitrogens with zero attached hydrogens (tertiary/aromatic N) is 2. The van der Waals surface area contributed by atoms with Gasteiger partial charge in [-0.1, -0.05) is 36.4 Å². The van der Waals surface area contributed by atoms with Crippen LogP contribution in [-0.4, -0.2) is 15.0 Å². The summed E-state index contributed by atoms with van der Waals surface area (Å²) in [7, 11) is 1.99. The number of anilines is 1. The summed E-state index contributed by atoms with van der Waals surface area (Å²) in [5.41, 5.74) is 6.17. The second-order valence-corrected chi connectivity index (χ2v) is 7.66. The summed E-state index contributed by atoms with van der Waals surface area (Å²) in [6.45, 7) is 3.04. The maximum atomic E-state index is 13.0. The first-order valence-electron chi connectivity index (χ1n) is 9.57. The number of benzene rings is 2. The zero-order valence-electron chi connectivity index (χ0n) is 15.7. The lowest BCUT2D eigenvalue weighted by Gasteiger charge is -2.09. The second-order valence-electron chi connectivity index (χ2n) is 7.66. The lowest BCUT2D eigenvalue weighted by molar-refractivity contribution is 0.101. The molecule has 0 bridgehead atoms. The van der Waals surface area contributed by atoms with Crippen LogP contribution in [0.15, 0.2) is 54.6 Å². The molecule has 1 fully saturated rings. The third-order valence-corrected chi connectivity index (χ3v) is 5.72. The van der Waals surface area contributed by atoms with E-state index in [0.29, 0.717) is 5.69 Å². The Morgan fingerprint density at radius 1 is 1.07 bits per heavy atom. The van der Waals surface area contributed by atoms with Crippen LogP contribution in [0.2, 0.25) is 0 Å². The molecule has 1 amide bonds. The summed E-state index contributed by atoms with van der Waals surface area (Å²) in [4.78, 5) is 13.0. The highest BCUT2D eigenvalue weighted by Crippen LogP contribution is 2.37. The molecule has 4 heteroatoms. The van der Waals surface area contributed by atoms with Crippen molar-refractivity contribution in [1.82, 2.24) is 9.13 Å². The molecule has 0 spiro atoms. The van der Waals surface area contributed by atoms with E-state index in [1.807, 2.05) is 48.9 Å². The van der Waals surface area contributed by atoms with Crippen molar-refractivity contribution in [3.8, 4) is 0 Å². The van der Waals surface area contributed by atoms with Gasteiger partial charge >= 0.3 is 0 Å². The van der Waals surface area contributed by atoms with Gasteiger partial charge in [0.15, 0.2) is 0 Å². The number of carbonyl (C=O) groups excluding carboxylic acids is 1. The van der Waals surface area contributed by atoms with Gasteiger partial charge < -0.3 is 14.5 Å². The van der Waals surface area contributed by atoms with Crippen molar-refractivity contribution in [2.75, 3.05) is 5.32 Å². The summed E-state index contributed by atoms with van der Waals surface area (Å²) in [6.07, 6.45) is 2.61. The molecule has 1 N–H and O–H groups in total. The molecule has 0 radical (unpaired) electrons. The minimum Gasteiger partial charge on any atom is -0.339 e. The topological polar surface area (TPSA) is 39.0 Å². The number of aryl methyl sites for hydroxylation is 2. The van der Waals surface area contributed by atoms with Gasteiger partial charge in [-0.3, -0.25) is 4.79 Å². The fraction of sp³-hybridized carbons (Fsp3) is 0.261. The summed E-state index contributed by atoms with van der Waals surface area (Å²) in [5.74, 6) is 0.707. The fourth-order valence-electron chi connectivity index (χ4n) is 4.02. The minimum absolute atomic E-state index is 0.0648. The molecular weight excluding hydrogens is 334 g/mol. The summed E-state index contributed by atoms with van der Waals surface area (Å²) < 4.78 is 4.43. The molecule has 0 atom stereocenters. The zero-order valence-corrected chi connectivity index (χ0v) is 15.7. The third-order valence-electron chi connectivity index (χ3n) is 5.72. The van der Waals surface area contributed by atoms with Crippen molar-refractivity contribution in [3.05, 3.63) is 65.9 Å². The van der Waals surface area contributed by atoms with Crippen LogP contribution in [0, 0.1) is 12.8 Å². The molecule has 5 rings (SSSR count). The molecule has 2 aromatic carbocycles. The molecule has 0 saturated heterocycles. The largest absolute Gasteiger partial charge is 0.339 e. The molecule has 1 aliphatic rings. The number of aromatic nitrogens is 2. The van der Waals surface area contributed by atoms with Gasteiger partial charge in [0.25, 0.3) is 5.91 Å². The monoisotopic (exact) mass is 357 g/mol. The molecule has 2 aromatic heterocycles. The van der Waals surface area contributed by atoms with Gasteiger partial charge in [-0.25, -0.2) is 0 Å². The second kappa shape index (κ2) is 6.02. The Morgan fingerprint density at radius 2 is 1.81 bits per heavy atom. The first-order valence-corrected chi connectivity index (χ1v) is 9.57. The Morgan fingerprint density at radius 3 is 2.59 bits per heavy atom. The van der Waals surface area contributed by atoms with E-state index in [1.165, 1.54) is 23.7 Å². The highest BCUT2D eigenvalue weighted by molar-refractivity contribution is 6.12. The van der Waals surface area contributed by atoms with Gasteiger partial charge in [0.05, 0.1) is 16.6 Å². The van der Waals surface area contributed by atoms with E-state index in [9.17, 15) is 4.79 Å². The van der Waals surface area contributed by atoms with Gasteiger partial charge in [0.2, 0.25) is 0 Å². The number of fused-ring (bicyclic) bond motifs is 3. The van der Waals surface area contributed by atoms with E-state index >= 15 is 0 Å². The van der Waals surface area contributed by atoms with Gasteiger partial charge in [-0.2, -0.15) is 0 Å². The van der Waals surface area contributed by atoms with Crippen LogP contribution in [0.3, 0.4) is 0 Å². The first kappa shape index (κ1) is 16.2. The van der Waals surface area contributed by atoms with Crippen LogP contribution in [0.5, 0.6) is 0 Å². The number of nitrogens with one attached hydrogen (secondary N) is 1. The Kier molecular flexibility index (Phi) is 3.61. The van der Waals surface area contributed by atoms with E-state index in [2.05, 4.69) is 34.1 Å². The van der Waals surface area contributed by atoms with Crippen molar-refractivity contribution in [2.24, 2.45) is 13.0 Å². The van der Waals surface area contributed by atoms with Gasteiger partial charge in [-0.05, 0) is 49.4 Å². The quantitative estimate of drug-likeness (QED) is 0.542. The number of hydrogen-bond donors (Lipinski definition) is 1. The molecule has 1 aliphatic carbocycles. The van der Waals surface area contributed by atoms with E-state index in [1.54, 1.807) is 0 Å². The average Bonchev–Trinajstić information content (AvgIpc) is 3.35. The summed E-state index contributed by atoms with van der Waals surface area (Å²) >= 11 is 0. The Labute approximate surface area is 158 Å². The van der Waals surface area contributed by atoms with E-state index in [-0.39, 0.29) is 5.91 Å². The molecule has 2 heterocycles. The Balaban J connectivity index is 1.62. The van der Waals surface area contributed by atoms with Crippen LogP contribution in [0.1, 0.15) is 28.9 Å². The highest BCUT2D eigenvalue weighted by Gasteiger charge is 2.26. The first-order chi connectivity index (χ1) is 13.1. The smallest absolute Gasteiger partial charge is 0.272 e. The zero-order chi connectivity index (χ0) is 18.5. The van der Waals surface area contributed by atoms with Crippen molar-refractivity contribution in [2.45, 2.75) is 26.3 Å². The van der Waals surface area contributed by atoms with Gasteiger partial charge in [-0.15, -0.1) is 0 Å². The molecule has 0 aliphatic heterocycles. The average molecular weight is 357 g/mol. The third kappa shape index (κ3) is 2.64. The standard InChI is InChI=1S/C23H23N3O/c1-15-7-3-5-9-18(15)24-23(27)21-13-20-22(25(21)2)17-8-4-6-10-19(17)26(20)14-16-11-12-16/h3-10,13,16H,11-12,14H2,1-2H3,(H,24,27). The molecule has 4 nitrogen and oxygen atoms in total. The van der Waals surface area contributed by atoms with Crippen molar-refractivity contribution in [1.29, 1.82) is 0 Å². The lowest BCUT2D eigenvalue weighted by atomic mass is 10.2. The van der Waals surface area contributed by atoms with Gasteiger partial charge in [0.1, 0.15) is 5.69 Å². The maximum Gasteiger partial charge on any atom is 0.272 e. The predicted molar refractivity (Wildman–Crippen MR) is 110 cm³/mol. The Hall–Kier alpha value is -3.01. The van der Waals surface area contributed by atoms with Gasteiger partial charge in [0, 0.05) is 24.7 Å². The van der Waals surface area contributed by atoms with Crippen LogP contribution >= 0.6 is 0 Å². The van der Waals surface area contributed by atoms with Crippen LogP contribution in [-0.2, 0) is 13.6 Å². The molecule has 4 aromatic rings. The van der Waals surface area contributed by atoms with Crippen LogP contribution in [0.25, 0.3) is 21.9 Å². The van der Waals surface area contributed by atoms with E-state index in [4.69, 9.17) is 0 Å². The summed E-state index contributed by atoms with van der Waals surface area (Å²) in [6, 6.07) is 18.4. The number of hydrogen-bond acceptors (Lipinski definition) is 1. The lowest BCUT2D eigenvalue weighted by Crippen LogP contribution is -2.16. The minimum atomic E-state index is -0.0648. The predicted octanol–water partition coefficient (Wildman–Crippen LogP) is 5.10. The van der Waals surface area contributed by atoms with E-state index < -0.39 is 0 Å². The normalized spacial score (nSPS) is 14.1. The fourth-order valence-corrected chi connectivity index (χ4v) is 4.02. The van der Waals surface area contributed by atoms with Crippen LogP contribution < -0.4 is 5.32 Å². The molecule has 1 saturated carbocycles. The number of rotatable bonds is 4. The molecular formula is C23H23N3O. The SMILES string of the molecule is Cc1ccccc1NC(=O)c1cc2c(c3ccccc3n2CC2CC2)n1C. The number of carbonyl (C=O) groups is 1. The maximum absolute atomic E-state index is 13.0. The van der Waals surface area contributed by atoms with Crippen molar-refractivity contribution in [3.63, 3.8) is 0 Å².